The second-order valence-corrected chi connectivity index (χ2v) is 5.55. The van der Waals surface area contributed by atoms with Crippen molar-refractivity contribution < 1.29 is 18.7 Å². The van der Waals surface area contributed by atoms with Crippen molar-refractivity contribution in [3.05, 3.63) is 35.6 Å². The molecule has 0 bridgehead atoms. The molecule has 0 spiro atoms. The number of hydrazine groups is 1. The summed E-state index contributed by atoms with van der Waals surface area (Å²) in [5.74, 6) is -0.251. The summed E-state index contributed by atoms with van der Waals surface area (Å²) in [6, 6.07) is 5.12. The summed E-state index contributed by atoms with van der Waals surface area (Å²) in [4.78, 5) is 23.1. The molecule has 1 rings (SSSR count). The van der Waals surface area contributed by atoms with Crippen molar-refractivity contribution >= 4 is 11.9 Å². The third kappa shape index (κ3) is 9.46. The molecule has 0 fully saturated rings. The molecule has 0 saturated carbocycles. The summed E-state index contributed by atoms with van der Waals surface area (Å²) in [5, 5.41) is 2.60. The molecule has 23 heavy (non-hydrogen) atoms. The van der Waals surface area contributed by atoms with Crippen molar-refractivity contribution in [2.24, 2.45) is 5.92 Å². The van der Waals surface area contributed by atoms with Gasteiger partial charge in [0.2, 0.25) is 5.91 Å². The molecular weight excluding hydrogens is 301 g/mol. The maximum absolute atomic E-state index is 12.7. The highest BCUT2D eigenvalue weighted by molar-refractivity contribution is 5.82. The summed E-state index contributed by atoms with van der Waals surface area (Å²) in [6.07, 6.45) is 0.757. The highest BCUT2D eigenvalue weighted by Crippen LogP contribution is 2.03. The SMILES string of the molecule is CC(C)COCCCNC(=O)NNC(=O)Cc1ccc(F)cc1. The fourth-order valence-corrected chi connectivity index (χ4v) is 1.70. The van der Waals surface area contributed by atoms with Crippen molar-refractivity contribution in [1.29, 1.82) is 0 Å². The fourth-order valence-electron chi connectivity index (χ4n) is 1.70. The highest BCUT2D eigenvalue weighted by atomic mass is 19.1. The Morgan fingerprint density at radius 2 is 1.87 bits per heavy atom. The fraction of sp³-hybridized carbons (Fsp3) is 0.500. The molecule has 0 radical (unpaired) electrons. The summed E-state index contributed by atoms with van der Waals surface area (Å²) >= 11 is 0. The average Bonchev–Trinajstić information content (AvgIpc) is 2.50. The smallest absolute Gasteiger partial charge is 0.333 e. The van der Waals surface area contributed by atoms with Crippen LogP contribution in [0.3, 0.4) is 0 Å². The zero-order chi connectivity index (χ0) is 17.1. The Morgan fingerprint density at radius 3 is 2.52 bits per heavy atom. The van der Waals surface area contributed by atoms with Crippen molar-refractivity contribution in [3.63, 3.8) is 0 Å². The number of carbonyl (C=O) groups is 2. The number of nitrogens with one attached hydrogen (secondary N) is 3. The van der Waals surface area contributed by atoms with Gasteiger partial charge in [0.15, 0.2) is 0 Å². The van der Waals surface area contributed by atoms with E-state index in [1.807, 2.05) is 0 Å². The van der Waals surface area contributed by atoms with Gasteiger partial charge in [-0.05, 0) is 30.0 Å². The molecule has 0 aromatic heterocycles. The van der Waals surface area contributed by atoms with Crippen LogP contribution >= 0.6 is 0 Å². The summed E-state index contributed by atoms with van der Waals surface area (Å²) < 4.78 is 18.1. The average molecular weight is 325 g/mol. The van der Waals surface area contributed by atoms with Crippen LogP contribution in [0.1, 0.15) is 25.8 Å². The number of urea groups is 1. The summed E-state index contributed by atoms with van der Waals surface area (Å²) in [6.45, 7) is 5.87. The van der Waals surface area contributed by atoms with Gasteiger partial charge in [-0.25, -0.2) is 14.6 Å². The molecule has 0 aliphatic heterocycles. The number of hydrogen-bond acceptors (Lipinski definition) is 3. The maximum Gasteiger partial charge on any atom is 0.333 e. The van der Waals surface area contributed by atoms with Crippen LogP contribution in [0.2, 0.25) is 0 Å². The first kappa shape index (κ1) is 18.9. The third-order valence-corrected chi connectivity index (χ3v) is 2.80. The minimum absolute atomic E-state index is 0.0591. The Balaban J connectivity index is 2.08. The largest absolute Gasteiger partial charge is 0.381 e. The highest BCUT2D eigenvalue weighted by Gasteiger charge is 2.05. The predicted molar refractivity (Wildman–Crippen MR) is 85.1 cm³/mol. The van der Waals surface area contributed by atoms with Crippen LogP contribution in [0.25, 0.3) is 0 Å². The van der Waals surface area contributed by atoms with Crippen molar-refractivity contribution in [2.75, 3.05) is 19.8 Å². The van der Waals surface area contributed by atoms with Gasteiger partial charge in [-0.15, -0.1) is 0 Å². The van der Waals surface area contributed by atoms with Crippen molar-refractivity contribution in [1.82, 2.24) is 16.2 Å². The molecule has 6 nitrogen and oxygen atoms in total. The Labute approximate surface area is 135 Å². The molecule has 0 aliphatic rings. The number of amides is 3. The van der Waals surface area contributed by atoms with Gasteiger partial charge in [0.05, 0.1) is 6.42 Å². The van der Waals surface area contributed by atoms with E-state index >= 15 is 0 Å². The minimum atomic E-state index is -0.485. The van der Waals surface area contributed by atoms with E-state index in [4.69, 9.17) is 4.74 Å². The third-order valence-electron chi connectivity index (χ3n) is 2.80. The molecule has 0 unspecified atom stereocenters. The first-order chi connectivity index (χ1) is 11.0. The van der Waals surface area contributed by atoms with Gasteiger partial charge in [0, 0.05) is 19.8 Å². The lowest BCUT2D eigenvalue weighted by Gasteiger charge is -2.10. The van der Waals surface area contributed by atoms with E-state index in [9.17, 15) is 14.0 Å². The quantitative estimate of drug-likeness (QED) is 0.503. The van der Waals surface area contributed by atoms with Crippen LogP contribution in [-0.4, -0.2) is 31.7 Å². The molecule has 1 aromatic rings. The molecular formula is C16H24FN3O3. The van der Waals surface area contributed by atoms with Gasteiger partial charge in [0.1, 0.15) is 5.82 Å². The van der Waals surface area contributed by atoms with E-state index in [1.54, 1.807) is 0 Å². The first-order valence-electron chi connectivity index (χ1n) is 7.62. The molecule has 0 saturated heterocycles. The standard InChI is InChI=1S/C16H24FN3O3/c1-12(2)11-23-9-3-8-18-16(22)20-19-15(21)10-13-4-6-14(17)7-5-13/h4-7,12H,3,8-11H2,1-2H3,(H,19,21)(H2,18,20,22). The molecule has 7 heteroatoms. The Bertz CT molecular complexity index is 492. The number of ether oxygens (including phenoxy) is 1. The van der Waals surface area contributed by atoms with Crippen LogP contribution in [0.4, 0.5) is 9.18 Å². The van der Waals surface area contributed by atoms with E-state index in [-0.39, 0.29) is 18.1 Å². The van der Waals surface area contributed by atoms with Crippen LogP contribution in [0.15, 0.2) is 24.3 Å². The van der Waals surface area contributed by atoms with Crippen LogP contribution < -0.4 is 16.2 Å². The first-order valence-corrected chi connectivity index (χ1v) is 7.62. The molecule has 1 aromatic carbocycles. The zero-order valence-corrected chi connectivity index (χ0v) is 13.5. The molecule has 3 N–H and O–H groups in total. The lowest BCUT2D eigenvalue weighted by atomic mass is 10.1. The van der Waals surface area contributed by atoms with Crippen molar-refractivity contribution in [3.8, 4) is 0 Å². The van der Waals surface area contributed by atoms with Gasteiger partial charge >= 0.3 is 6.03 Å². The predicted octanol–water partition coefficient (Wildman–Crippen LogP) is 1.76. The Hall–Kier alpha value is -2.15. The summed E-state index contributed by atoms with van der Waals surface area (Å²) in [7, 11) is 0. The molecule has 3 amide bonds. The van der Waals surface area contributed by atoms with Gasteiger partial charge in [-0.3, -0.25) is 10.2 Å². The van der Waals surface area contributed by atoms with E-state index < -0.39 is 6.03 Å². The Morgan fingerprint density at radius 1 is 1.17 bits per heavy atom. The monoisotopic (exact) mass is 325 g/mol. The molecule has 0 atom stereocenters. The van der Waals surface area contributed by atoms with Gasteiger partial charge in [0.25, 0.3) is 0 Å². The van der Waals surface area contributed by atoms with E-state index in [1.165, 1.54) is 24.3 Å². The van der Waals surface area contributed by atoms with Crippen molar-refractivity contribution in [2.45, 2.75) is 26.7 Å². The van der Waals surface area contributed by atoms with E-state index in [2.05, 4.69) is 30.0 Å². The Kier molecular flexibility index (Phi) is 8.67. The van der Waals surface area contributed by atoms with Crippen LogP contribution in [0.5, 0.6) is 0 Å². The number of benzene rings is 1. The number of halogens is 1. The summed E-state index contributed by atoms with van der Waals surface area (Å²) in [5.41, 5.74) is 5.21. The van der Waals surface area contributed by atoms with Gasteiger partial charge < -0.3 is 10.1 Å². The van der Waals surface area contributed by atoms with Gasteiger partial charge in [-0.1, -0.05) is 26.0 Å². The molecule has 0 aliphatic carbocycles. The van der Waals surface area contributed by atoms with E-state index in [0.29, 0.717) is 37.7 Å². The van der Waals surface area contributed by atoms with E-state index in [0.717, 1.165) is 0 Å². The second kappa shape index (κ2) is 10.6. The lowest BCUT2D eigenvalue weighted by molar-refractivity contribution is -0.121. The lowest BCUT2D eigenvalue weighted by Crippen LogP contribution is -2.47. The van der Waals surface area contributed by atoms with Crippen LogP contribution in [0, 0.1) is 11.7 Å². The number of hydrogen-bond donors (Lipinski definition) is 3. The maximum atomic E-state index is 12.7. The molecule has 128 valence electrons. The van der Waals surface area contributed by atoms with Gasteiger partial charge in [-0.2, -0.15) is 0 Å². The number of carbonyl (C=O) groups excluding carboxylic acids is 2. The van der Waals surface area contributed by atoms with Crippen LogP contribution in [-0.2, 0) is 16.0 Å². The topological polar surface area (TPSA) is 79.5 Å². The molecule has 0 heterocycles. The second-order valence-electron chi connectivity index (χ2n) is 5.55. The zero-order valence-electron chi connectivity index (χ0n) is 13.5. The normalized spacial score (nSPS) is 10.4. The number of rotatable bonds is 8. The minimum Gasteiger partial charge on any atom is -0.381 e.